The molecule has 2 aliphatic rings. The number of fused-ring (bicyclic) bond motifs is 1. The molecule has 1 aromatic heterocycles. The molecule has 1 amide bonds. The molecule has 1 heterocycles. The van der Waals surface area contributed by atoms with Gasteiger partial charge in [0, 0.05) is 5.56 Å². The van der Waals surface area contributed by atoms with Crippen LogP contribution in [0.4, 0.5) is 0 Å². The Hall–Kier alpha value is -2.12. The summed E-state index contributed by atoms with van der Waals surface area (Å²) >= 11 is 0. The monoisotopic (exact) mass is 332 g/mol. The molecule has 2 aromatic rings. The summed E-state index contributed by atoms with van der Waals surface area (Å²) < 4.78 is 28.2. The number of benzene rings is 1. The summed E-state index contributed by atoms with van der Waals surface area (Å²) in [4.78, 5) is 12.0. The first-order valence-electron chi connectivity index (χ1n) is 7.39. The zero-order chi connectivity index (χ0) is 16.2. The molecule has 6 nitrogen and oxygen atoms in total. The lowest BCUT2D eigenvalue weighted by Gasteiger charge is -2.05. The van der Waals surface area contributed by atoms with Crippen molar-refractivity contribution in [2.75, 3.05) is 0 Å². The Morgan fingerprint density at radius 1 is 1.22 bits per heavy atom. The second-order valence-electron chi connectivity index (χ2n) is 6.28. The fourth-order valence-electron chi connectivity index (χ4n) is 2.85. The van der Waals surface area contributed by atoms with E-state index in [9.17, 15) is 13.2 Å². The molecule has 7 heteroatoms. The number of carbonyl (C=O) groups excluding carboxylic acids is 1. The molecule has 0 bridgehead atoms. The van der Waals surface area contributed by atoms with Gasteiger partial charge in [-0.25, -0.2) is 13.6 Å². The third kappa shape index (κ3) is 2.55. The highest BCUT2D eigenvalue weighted by molar-refractivity contribution is 7.89. The van der Waals surface area contributed by atoms with E-state index in [0.717, 1.165) is 18.4 Å². The summed E-state index contributed by atoms with van der Waals surface area (Å²) in [6, 6.07) is 9.75. The van der Waals surface area contributed by atoms with Crippen LogP contribution < -0.4 is 10.5 Å². The zero-order valence-electron chi connectivity index (χ0n) is 12.3. The van der Waals surface area contributed by atoms with Gasteiger partial charge in [0.1, 0.15) is 11.5 Å². The van der Waals surface area contributed by atoms with Crippen molar-refractivity contribution in [3.63, 3.8) is 0 Å². The van der Waals surface area contributed by atoms with Gasteiger partial charge in [-0.2, -0.15) is 0 Å². The van der Waals surface area contributed by atoms with E-state index >= 15 is 0 Å². The Kier molecular flexibility index (Phi) is 2.95. The molecular formula is C16H16N2O4S. The maximum Gasteiger partial charge on any atom is 0.238 e. The summed E-state index contributed by atoms with van der Waals surface area (Å²) in [6.07, 6.45) is 2.05. The molecule has 1 aromatic carbocycles. The third-order valence-corrected chi connectivity index (χ3v) is 5.62. The SMILES string of the molecule is NS(=O)(=O)c1ccc(-c2ccc(CNC(=O)C34CC3C4)o2)cc1. The first-order valence-corrected chi connectivity index (χ1v) is 8.93. The number of amides is 1. The normalized spacial score (nSPS) is 24.8. The predicted molar refractivity (Wildman–Crippen MR) is 82.5 cm³/mol. The maximum absolute atomic E-state index is 11.9. The van der Waals surface area contributed by atoms with Crippen molar-refractivity contribution in [2.24, 2.45) is 16.5 Å². The van der Waals surface area contributed by atoms with Crippen molar-refractivity contribution in [1.29, 1.82) is 0 Å². The van der Waals surface area contributed by atoms with Gasteiger partial charge in [-0.05, 0) is 55.2 Å². The average molecular weight is 332 g/mol. The van der Waals surface area contributed by atoms with Crippen molar-refractivity contribution in [3.05, 3.63) is 42.2 Å². The van der Waals surface area contributed by atoms with E-state index in [4.69, 9.17) is 9.56 Å². The van der Waals surface area contributed by atoms with Crippen LogP contribution in [0.3, 0.4) is 0 Å². The van der Waals surface area contributed by atoms with Gasteiger partial charge >= 0.3 is 0 Å². The highest BCUT2D eigenvalue weighted by atomic mass is 32.2. The van der Waals surface area contributed by atoms with Gasteiger partial charge in [-0.1, -0.05) is 0 Å². The van der Waals surface area contributed by atoms with Crippen molar-refractivity contribution >= 4 is 15.9 Å². The van der Waals surface area contributed by atoms with Gasteiger partial charge in [0.15, 0.2) is 0 Å². The number of hydrogen-bond acceptors (Lipinski definition) is 4. The summed E-state index contributed by atoms with van der Waals surface area (Å²) in [7, 11) is -3.70. The van der Waals surface area contributed by atoms with Crippen LogP contribution in [0.5, 0.6) is 0 Å². The second kappa shape index (κ2) is 4.69. The quantitative estimate of drug-likeness (QED) is 0.868. The number of primary sulfonamides is 1. The first-order chi connectivity index (χ1) is 10.9. The minimum absolute atomic E-state index is 0.0427. The Morgan fingerprint density at radius 3 is 2.43 bits per heavy atom. The van der Waals surface area contributed by atoms with Gasteiger partial charge in [0.05, 0.1) is 16.9 Å². The number of hydrogen-bond donors (Lipinski definition) is 2. The Balaban J connectivity index is 1.43. The van der Waals surface area contributed by atoms with Crippen molar-refractivity contribution in [1.82, 2.24) is 5.32 Å². The molecule has 0 radical (unpaired) electrons. The summed E-state index contributed by atoms with van der Waals surface area (Å²) in [5, 5.41) is 7.98. The minimum atomic E-state index is -3.70. The molecule has 23 heavy (non-hydrogen) atoms. The fourth-order valence-corrected chi connectivity index (χ4v) is 3.37. The van der Waals surface area contributed by atoms with E-state index in [0.29, 0.717) is 24.0 Å². The summed E-state index contributed by atoms with van der Waals surface area (Å²) in [5.41, 5.74) is 0.705. The number of rotatable bonds is 5. The lowest BCUT2D eigenvalue weighted by molar-refractivity contribution is -0.124. The number of nitrogens with two attached hydrogens (primary N) is 1. The van der Waals surface area contributed by atoms with Crippen LogP contribution in [0.1, 0.15) is 18.6 Å². The van der Waals surface area contributed by atoms with Crippen molar-refractivity contribution in [2.45, 2.75) is 24.3 Å². The molecule has 3 N–H and O–H groups in total. The van der Waals surface area contributed by atoms with Gasteiger partial charge < -0.3 is 9.73 Å². The predicted octanol–water partition coefficient (Wildman–Crippen LogP) is 1.62. The minimum Gasteiger partial charge on any atom is -0.459 e. The van der Waals surface area contributed by atoms with E-state index in [1.54, 1.807) is 24.3 Å². The number of sulfonamides is 1. The van der Waals surface area contributed by atoms with Gasteiger partial charge in [0.25, 0.3) is 0 Å². The van der Waals surface area contributed by atoms with E-state index in [1.165, 1.54) is 12.1 Å². The fraction of sp³-hybridized carbons (Fsp3) is 0.312. The Labute approximate surface area is 133 Å². The molecule has 0 atom stereocenters. The van der Waals surface area contributed by atoms with Crippen LogP contribution in [-0.2, 0) is 21.4 Å². The van der Waals surface area contributed by atoms with Gasteiger partial charge in [-0.15, -0.1) is 0 Å². The van der Waals surface area contributed by atoms with Gasteiger partial charge in [-0.3, -0.25) is 4.79 Å². The third-order valence-electron chi connectivity index (χ3n) is 4.69. The molecule has 0 aliphatic heterocycles. The molecule has 120 valence electrons. The van der Waals surface area contributed by atoms with Crippen LogP contribution in [0.15, 0.2) is 45.7 Å². The molecular weight excluding hydrogens is 316 g/mol. The molecule has 4 rings (SSSR count). The lowest BCUT2D eigenvalue weighted by atomic mass is 10.2. The molecule has 0 spiro atoms. The average Bonchev–Trinajstić information content (AvgIpc) is 3.32. The van der Waals surface area contributed by atoms with Crippen LogP contribution in [-0.4, -0.2) is 14.3 Å². The van der Waals surface area contributed by atoms with Crippen LogP contribution in [0.2, 0.25) is 0 Å². The molecule has 2 fully saturated rings. The van der Waals surface area contributed by atoms with E-state index < -0.39 is 10.0 Å². The molecule has 0 unspecified atom stereocenters. The van der Waals surface area contributed by atoms with Crippen molar-refractivity contribution < 1.29 is 17.6 Å². The largest absolute Gasteiger partial charge is 0.459 e. The molecule has 2 aliphatic carbocycles. The first kappa shape index (κ1) is 14.5. The Morgan fingerprint density at radius 2 is 1.87 bits per heavy atom. The standard InChI is InChI=1S/C16H16N2O4S/c17-23(20,21)13-4-1-10(2-5-13)14-6-3-12(22-14)9-18-15(19)16-7-11(16)8-16/h1-6,11H,7-9H2,(H,18,19)(H2,17,20,21). The summed E-state index contributed by atoms with van der Waals surface area (Å²) in [5.74, 6) is 2.02. The summed E-state index contributed by atoms with van der Waals surface area (Å²) in [6.45, 7) is 0.364. The van der Waals surface area contributed by atoms with Crippen molar-refractivity contribution in [3.8, 4) is 11.3 Å². The number of carbonyl (C=O) groups is 1. The molecule has 0 saturated heterocycles. The van der Waals surface area contributed by atoms with E-state index in [2.05, 4.69) is 5.32 Å². The van der Waals surface area contributed by atoms with Crippen LogP contribution in [0.25, 0.3) is 11.3 Å². The second-order valence-corrected chi connectivity index (χ2v) is 7.84. The van der Waals surface area contributed by atoms with Crippen LogP contribution >= 0.6 is 0 Å². The van der Waals surface area contributed by atoms with Crippen LogP contribution in [0, 0.1) is 11.3 Å². The smallest absolute Gasteiger partial charge is 0.238 e. The highest BCUT2D eigenvalue weighted by Gasteiger charge is 2.74. The topological polar surface area (TPSA) is 102 Å². The van der Waals surface area contributed by atoms with E-state index in [1.807, 2.05) is 0 Å². The number of nitrogens with one attached hydrogen (secondary N) is 1. The number of furan rings is 1. The zero-order valence-corrected chi connectivity index (χ0v) is 13.1. The lowest BCUT2D eigenvalue weighted by Crippen LogP contribution is -2.27. The maximum atomic E-state index is 11.9. The highest BCUT2D eigenvalue weighted by Crippen LogP contribution is 2.75. The Bertz CT molecular complexity index is 877. The van der Waals surface area contributed by atoms with E-state index in [-0.39, 0.29) is 16.2 Å². The van der Waals surface area contributed by atoms with Gasteiger partial charge in [0.2, 0.25) is 15.9 Å². The molecule has 2 saturated carbocycles.